The van der Waals surface area contributed by atoms with Crippen molar-refractivity contribution in [2.45, 2.75) is 19.4 Å². The monoisotopic (exact) mass is 215 g/mol. The summed E-state index contributed by atoms with van der Waals surface area (Å²) >= 11 is 0. The molecule has 1 aromatic rings. The van der Waals surface area contributed by atoms with Crippen LogP contribution in [0.1, 0.15) is 18.4 Å². The Balaban J connectivity index is 2.10. The summed E-state index contributed by atoms with van der Waals surface area (Å²) < 4.78 is 0. The topological polar surface area (TPSA) is 37.4 Å². The second-order valence-corrected chi connectivity index (χ2v) is 3.81. The fourth-order valence-corrected chi connectivity index (χ4v) is 1.66. The van der Waals surface area contributed by atoms with E-state index >= 15 is 0 Å². The van der Waals surface area contributed by atoms with Gasteiger partial charge in [0, 0.05) is 12.6 Å². The number of Topliss-reactive ketones (excluding diaryl/α,β-unsaturated/α-hetero) is 1. The standard InChI is InChI=1S/C13H13NO2/c15-12-7-4-8-14(13(16)9-12)10-11-5-2-1-3-6-11/h1-6,8H,7,9-10H2. The van der Waals surface area contributed by atoms with Crippen LogP contribution in [0, 0.1) is 0 Å². The maximum Gasteiger partial charge on any atom is 0.234 e. The Morgan fingerprint density at radius 2 is 1.88 bits per heavy atom. The Hall–Kier alpha value is -1.90. The average molecular weight is 215 g/mol. The Morgan fingerprint density at radius 3 is 2.62 bits per heavy atom. The summed E-state index contributed by atoms with van der Waals surface area (Å²) in [7, 11) is 0. The van der Waals surface area contributed by atoms with Crippen molar-refractivity contribution in [2.24, 2.45) is 0 Å². The number of hydrogen-bond acceptors (Lipinski definition) is 2. The number of benzene rings is 1. The van der Waals surface area contributed by atoms with Crippen LogP contribution in [0.2, 0.25) is 0 Å². The summed E-state index contributed by atoms with van der Waals surface area (Å²) in [5.74, 6) is -0.139. The molecule has 0 spiro atoms. The minimum absolute atomic E-state index is 0.0137. The summed E-state index contributed by atoms with van der Waals surface area (Å²) in [5, 5.41) is 0. The van der Waals surface area contributed by atoms with Gasteiger partial charge in [-0.15, -0.1) is 0 Å². The van der Waals surface area contributed by atoms with Crippen molar-refractivity contribution in [2.75, 3.05) is 0 Å². The van der Waals surface area contributed by atoms with Crippen molar-refractivity contribution in [3.05, 3.63) is 48.2 Å². The quantitative estimate of drug-likeness (QED) is 0.706. The first kappa shape index (κ1) is 10.6. The molecule has 0 radical (unpaired) electrons. The van der Waals surface area contributed by atoms with Crippen LogP contribution >= 0.6 is 0 Å². The van der Waals surface area contributed by atoms with E-state index in [4.69, 9.17) is 0 Å². The van der Waals surface area contributed by atoms with Crippen LogP contribution in [0.25, 0.3) is 0 Å². The van der Waals surface area contributed by atoms with Gasteiger partial charge in [0.2, 0.25) is 5.91 Å². The van der Waals surface area contributed by atoms with Crippen molar-refractivity contribution >= 4 is 11.7 Å². The van der Waals surface area contributed by atoms with Crippen molar-refractivity contribution in [3.63, 3.8) is 0 Å². The highest BCUT2D eigenvalue weighted by atomic mass is 16.2. The first-order valence-corrected chi connectivity index (χ1v) is 5.27. The van der Waals surface area contributed by atoms with E-state index in [0.717, 1.165) is 5.56 Å². The summed E-state index contributed by atoms with van der Waals surface area (Å²) in [6.07, 6.45) is 3.83. The molecule has 0 unspecified atom stereocenters. The lowest BCUT2D eigenvalue weighted by atomic mass is 10.2. The van der Waals surface area contributed by atoms with Crippen molar-refractivity contribution in [1.29, 1.82) is 0 Å². The third kappa shape index (κ3) is 2.57. The van der Waals surface area contributed by atoms with Crippen LogP contribution in [-0.4, -0.2) is 16.6 Å². The molecule has 1 aromatic carbocycles. The summed E-state index contributed by atoms with van der Waals surface area (Å²) in [6, 6.07) is 9.74. The van der Waals surface area contributed by atoms with Crippen molar-refractivity contribution in [3.8, 4) is 0 Å². The molecule has 0 bridgehead atoms. The van der Waals surface area contributed by atoms with Crippen LogP contribution in [-0.2, 0) is 16.1 Å². The highest BCUT2D eigenvalue weighted by Gasteiger charge is 2.17. The third-order valence-electron chi connectivity index (χ3n) is 2.50. The van der Waals surface area contributed by atoms with Crippen LogP contribution in [0.4, 0.5) is 0 Å². The van der Waals surface area contributed by atoms with E-state index in [0.29, 0.717) is 13.0 Å². The number of hydrogen-bond donors (Lipinski definition) is 0. The molecule has 0 saturated carbocycles. The smallest absolute Gasteiger partial charge is 0.234 e. The molecule has 0 aliphatic carbocycles. The Bertz CT molecular complexity index is 423. The zero-order valence-electron chi connectivity index (χ0n) is 8.93. The molecule has 1 aliphatic heterocycles. The Labute approximate surface area is 94.4 Å². The van der Waals surface area contributed by atoms with Gasteiger partial charge in [0.1, 0.15) is 5.78 Å². The van der Waals surface area contributed by atoms with Crippen molar-refractivity contribution in [1.82, 2.24) is 4.90 Å². The molecular formula is C13H13NO2. The lowest BCUT2D eigenvalue weighted by Gasteiger charge is -2.16. The normalized spacial score (nSPS) is 16.4. The summed E-state index contributed by atoms with van der Waals surface area (Å²) in [6.45, 7) is 0.531. The van der Waals surface area contributed by atoms with E-state index < -0.39 is 0 Å². The van der Waals surface area contributed by atoms with Gasteiger partial charge in [0.25, 0.3) is 0 Å². The second-order valence-electron chi connectivity index (χ2n) is 3.81. The number of nitrogens with zero attached hydrogens (tertiary/aromatic N) is 1. The van der Waals surface area contributed by atoms with E-state index in [2.05, 4.69) is 0 Å². The van der Waals surface area contributed by atoms with E-state index in [9.17, 15) is 9.59 Å². The maximum atomic E-state index is 11.7. The molecule has 0 aromatic heterocycles. The van der Waals surface area contributed by atoms with Crippen LogP contribution in [0.3, 0.4) is 0 Å². The number of rotatable bonds is 2. The zero-order chi connectivity index (χ0) is 11.4. The third-order valence-corrected chi connectivity index (χ3v) is 2.50. The largest absolute Gasteiger partial charge is 0.315 e. The predicted octanol–water partition coefficient (Wildman–Crippen LogP) is 1.89. The zero-order valence-corrected chi connectivity index (χ0v) is 8.93. The molecular weight excluding hydrogens is 202 g/mol. The number of carbonyl (C=O) groups is 2. The molecule has 1 heterocycles. The first-order chi connectivity index (χ1) is 7.75. The van der Waals surface area contributed by atoms with Crippen molar-refractivity contribution < 1.29 is 9.59 Å². The van der Waals surface area contributed by atoms with E-state index in [1.54, 1.807) is 17.2 Å². The highest BCUT2D eigenvalue weighted by molar-refractivity contribution is 5.99. The van der Waals surface area contributed by atoms with Crippen LogP contribution in [0.5, 0.6) is 0 Å². The molecule has 1 amide bonds. The molecule has 3 heteroatoms. The molecule has 1 aliphatic rings. The highest BCUT2D eigenvalue weighted by Crippen LogP contribution is 2.10. The van der Waals surface area contributed by atoms with Gasteiger partial charge in [-0.1, -0.05) is 36.4 Å². The Kier molecular flexibility index (Phi) is 3.15. The molecule has 16 heavy (non-hydrogen) atoms. The molecule has 0 atom stereocenters. The van der Waals surface area contributed by atoms with Gasteiger partial charge in [-0.25, -0.2) is 0 Å². The minimum Gasteiger partial charge on any atom is -0.315 e. The van der Waals surface area contributed by atoms with Gasteiger partial charge in [-0.05, 0) is 5.56 Å². The maximum absolute atomic E-state index is 11.7. The van der Waals surface area contributed by atoms with E-state index in [1.807, 2.05) is 30.3 Å². The lowest BCUT2D eigenvalue weighted by molar-refractivity contribution is -0.133. The SMILES string of the molecule is O=C1CC=CN(Cc2ccccc2)C(=O)C1. The van der Waals surface area contributed by atoms with Gasteiger partial charge in [-0.3, -0.25) is 9.59 Å². The van der Waals surface area contributed by atoms with Crippen LogP contribution < -0.4 is 0 Å². The first-order valence-electron chi connectivity index (χ1n) is 5.27. The van der Waals surface area contributed by atoms with E-state index in [1.165, 1.54) is 0 Å². The molecule has 2 rings (SSSR count). The predicted molar refractivity (Wildman–Crippen MR) is 60.4 cm³/mol. The Morgan fingerprint density at radius 1 is 1.12 bits per heavy atom. The number of amides is 1. The second kappa shape index (κ2) is 4.75. The van der Waals surface area contributed by atoms with Gasteiger partial charge >= 0.3 is 0 Å². The van der Waals surface area contributed by atoms with Gasteiger partial charge in [0.15, 0.2) is 0 Å². The molecule has 3 nitrogen and oxygen atoms in total. The average Bonchev–Trinajstić information content (AvgIpc) is 2.43. The number of allylic oxidation sites excluding steroid dienone is 1. The lowest BCUT2D eigenvalue weighted by Crippen LogP contribution is -2.25. The summed E-state index contributed by atoms with van der Waals surface area (Å²) in [5.41, 5.74) is 1.06. The fraction of sp³-hybridized carbons (Fsp3) is 0.231. The molecule has 82 valence electrons. The molecule has 0 saturated heterocycles. The van der Waals surface area contributed by atoms with E-state index in [-0.39, 0.29) is 18.1 Å². The number of carbonyl (C=O) groups excluding carboxylic acids is 2. The van der Waals surface area contributed by atoms with Gasteiger partial charge < -0.3 is 4.90 Å². The van der Waals surface area contributed by atoms with Gasteiger partial charge in [-0.2, -0.15) is 0 Å². The fourth-order valence-electron chi connectivity index (χ4n) is 1.66. The van der Waals surface area contributed by atoms with Crippen LogP contribution in [0.15, 0.2) is 42.6 Å². The molecule has 0 fully saturated rings. The number of ketones is 1. The summed E-state index contributed by atoms with van der Waals surface area (Å²) in [4.78, 5) is 24.5. The minimum atomic E-state index is -0.123. The van der Waals surface area contributed by atoms with Gasteiger partial charge in [0.05, 0.1) is 13.0 Å². The molecule has 0 N–H and O–H groups in total.